The van der Waals surface area contributed by atoms with Crippen LogP contribution in [0.4, 0.5) is 0 Å². The van der Waals surface area contributed by atoms with E-state index in [2.05, 4.69) is 11.0 Å². The average molecular weight is 253 g/mol. The van der Waals surface area contributed by atoms with E-state index in [0.717, 1.165) is 31.8 Å². The first-order chi connectivity index (χ1) is 8.10. The van der Waals surface area contributed by atoms with Crippen LogP contribution in [0.25, 0.3) is 0 Å². The Bertz CT molecular complexity index is 357. The largest absolute Gasteiger partial charge is 0.389 e. The van der Waals surface area contributed by atoms with E-state index in [9.17, 15) is 0 Å². The van der Waals surface area contributed by atoms with Crippen LogP contribution in [0.2, 0.25) is 0 Å². The van der Waals surface area contributed by atoms with Crippen molar-refractivity contribution in [2.45, 2.75) is 19.8 Å². The molecule has 0 aromatic carbocycles. The SMILES string of the molecule is COC[C@H]1CCCN(/C(C)=C(/C#N)C(N)=S)C1. The molecule has 17 heavy (non-hydrogen) atoms. The van der Waals surface area contributed by atoms with Crippen LogP contribution in [-0.2, 0) is 4.74 Å². The molecule has 0 aliphatic carbocycles. The molecule has 2 N–H and O–H groups in total. The van der Waals surface area contributed by atoms with Gasteiger partial charge in [0.2, 0.25) is 0 Å². The highest BCUT2D eigenvalue weighted by Crippen LogP contribution is 2.21. The van der Waals surface area contributed by atoms with E-state index < -0.39 is 0 Å². The normalized spacial score (nSPS) is 21.7. The molecule has 1 heterocycles. The van der Waals surface area contributed by atoms with Crippen molar-refractivity contribution in [1.82, 2.24) is 4.90 Å². The van der Waals surface area contributed by atoms with Crippen LogP contribution < -0.4 is 5.73 Å². The minimum Gasteiger partial charge on any atom is -0.389 e. The second kappa shape index (κ2) is 6.58. The van der Waals surface area contributed by atoms with Crippen molar-refractivity contribution in [3.63, 3.8) is 0 Å². The summed E-state index contributed by atoms with van der Waals surface area (Å²) in [5.74, 6) is 0.523. The molecule has 0 radical (unpaired) electrons. The van der Waals surface area contributed by atoms with Crippen molar-refractivity contribution >= 4 is 17.2 Å². The van der Waals surface area contributed by atoms with E-state index in [4.69, 9.17) is 28.0 Å². The Kier molecular flexibility index (Phi) is 5.39. The van der Waals surface area contributed by atoms with Gasteiger partial charge in [0.25, 0.3) is 0 Å². The molecule has 0 unspecified atom stereocenters. The minimum atomic E-state index is 0.180. The van der Waals surface area contributed by atoms with Gasteiger partial charge in [0.1, 0.15) is 16.6 Å². The molecular formula is C12H19N3OS. The van der Waals surface area contributed by atoms with Gasteiger partial charge >= 0.3 is 0 Å². The number of likely N-dealkylation sites (tertiary alicyclic amines) is 1. The van der Waals surface area contributed by atoms with Crippen LogP contribution in [0, 0.1) is 17.2 Å². The first-order valence-corrected chi connectivity index (χ1v) is 6.15. The topological polar surface area (TPSA) is 62.3 Å². The standard InChI is InChI=1S/C12H19N3OS/c1-9(11(6-13)12(14)17)15-5-3-4-10(7-15)8-16-2/h10H,3-5,7-8H2,1-2H3,(H2,14,17)/b11-9-/t10-/m0/s1. The lowest BCUT2D eigenvalue weighted by Gasteiger charge is -2.35. The maximum Gasteiger partial charge on any atom is 0.116 e. The van der Waals surface area contributed by atoms with Gasteiger partial charge in [-0.2, -0.15) is 5.26 Å². The van der Waals surface area contributed by atoms with E-state index in [1.165, 1.54) is 6.42 Å². The second-order valence-corrected chi connectivity index (χ2v) is 4.79. The molecule has 0 spiro atoms. The number of thiocarbonyl (C=S) groups is 1. The Morgan fingerprint density at radius 2 is 2.35 bits per heavy atom. The average Bonchev–Trinajstić information content (AvgIpc) is 2.30. The number of nitriles is 1. The van der Waals surface area contributed by atoms with E-state index >= 15 is 0 Å². The zero-order valence-electron chi connectivity index (χ0n) is 10.4. The lowest BCUT2D eigenvalue weighted by Crippen LogP contribution is -2.37. The molecule has 94 valence electrons. The third-order valence-corrected chi connectivity index (χ3v) is 3.32. The summed E-state index contributed by atoms with van der Waals surface area (Å²) in [6, 6.07) is 2.09. The van der Waals surface area contributed by atoms with Gasteiger partial charge in [-0.05, 0) is 25.7 Å². The summed E-state index contributed by atoms with van der Waals surface area (Å²) in [6.45, 7) is 4.54. The quantitative estimate of drug-likeness (QED) is 0.466. The molecule has 1 aliphatic rings. The van der Waals surface area contributed by atoms with Crippen LogP contribution in [0.15, 0.2) is 11.3 Å². The third-order valence-electron chi connectivity index (χ3n) is 3.12. The summed E-state index contributed by atoms with van der Waals surface area (Å²) in [5, 5.41) is 9.04. The number of nitrogens with zero attached hydrogens (tertiary/aromatic N) is 2. The lowest BCUT2D eigenvalue weighted by molar-refractivity contribution is 0.104. The van der Waals surface area contributed by atoms with Crippen LogP contribution in [0.1, 0.15) is 19.8 Å². The Morgan fingerprint density at radius 1 is 1.65 bits per heavy atom. The molecule has 0 aromatic heterocycles. The maximum absolute atomic E-state index is 9.04. The van der Waals surface area contributed by atoms with Crippen molar-refractivity contribution in [3.05, 3.63) is 11.3 Å². The van der Waals surface area contributed by atoms with Crippen molar-refractivity contribution in [3.8, 4) is 6.07 Å². The fourth-order valence-electron chi connectivity index (χ4n) is 2.21. The zero-order valence-corrected chi connectivity index (χ0v) is 11.2. The van der Waals surface area contributed by atoms with Gasteiger partial charge in [-0.25, -0.2) is 0 Å². The molecule has 1 rings (SSSR count). The van der Waals surface area contributed by atoms with Gasteiger partial charge in [0, 0.05) is 25.9 Å². The third kappa shape index (κ3) is 3.69. The Morgan fingerprint density at radius 3 is 2.88 bits per heavy atom. The number of hydrogen-bond acceptors (Lipinski definition) is 4. The summed E-state index contributed by atoms with van der Waals surface area (Å²) < 4.78 is 5.19. The first-order valence-electron chi connectivity index (χ1n) is 5.74. The van der Waals surface area contributed by atoms with E-state index in [0.29, 0.717) is 11.5 Å². The highest BCUT2D eigenvalue weighted by atomic mass is 32.1. The van der Waals surface area contributed by atoms with Gasteiger partial charge in [0.05, 0.1) is 6.61 Å². The highest BCUT2D eigenvalue weighted by molar-refractivity contribution is 7.80. The molecule has 5 heteroatoms. The smallest absolute Gasteiger partial charge is 0.116 e. The molecule has 0 bridgehead atoms. The predicted molar refractivity (Wildman–Crippen MR) is 71.3 cm³/mol. The van der Waals surface area contributed by atoms with Gasteiger partial charge in [-0.3, -0.25) is 0 Å². The van der Waals surface area contributed by atoms with E-state index in [1.807, 2.05) is 6.92 Å². The summed E-state index contributed by atoms with van der Waals surface area (Å²) in [7, 11) is 1.72. The molecular weight excluding hydrogens is 234 g/mol. The summed E-state index contributed by atoms with van der Waals surface area (Å²) in [5.41, 5.74) is 6.87. The van der Waals surface area contributed by atoms with Crippen molar-refractivity contribution in [2.75, 3.05) is 26.8 Å². The monoisotopic (exact) mass is 253 g/mol. The molecule has 1 atom stereocenters. The minimum absolute atomic E-state index is 0.180. The molecule has 4 nitrogen and oxygen atoms in total. The van der Waals surface area contributed by atoms with Crippen molar-refractivity contribution < 1.29 is 4.74 Å². The Labute approximate surface area is 108 Å². The molecule has 0 saturated carbocycles. The summed E-state index contributed by atoms with van der Waals surface area (Å²) in [6.07, 6.45) is 2.29. The molecule has 0 amide bonds. The van der Waals surface area contributed by atoms with Gasteiger partial charge in [0.15, 0.2) is 0 Å². The highest BCUT2D eigenvalue weighted by Gasteiger charge is 2.22. The van der Waals surface area contributed by atoms with Crippen LogP contribution >= 0.6 is 12.2 Å². The first kappa shape index (κ1) is 13.9. The number of allylic oxidation sites excluding steroid dienone is 1. The number of ether oxygens (including phenoxy) is 1. The fourth-order valence-corrected chi connectivity index (χ4v) is 2.41. The Balaban J connectivity index is 2.78. The number of methoxy groups -OCH3 is 1. The lowest BCUT2D eigenvalue weighted by atomic mass is 9.98. The fraction of sp³-hybridized carbons (Fsp3) is 0.667. The van der Waals surface area contributed by atoms with Gasteiger partial charge < -0.3 is 15.4 Å². The second-order valence-electron chi connectivity index (χ2n) is 4.35. The van der Waals surface area contributed by atoms with Crippen molar-refractivity contribution in [2.24, 2.45) is 11.7 Å². The van der Waals surface area contributed by atoms with Gasteiger partial charge in [-0.15, -0.1) is 0 Å². The molecule has 1 aliphatic heterocycles. The summed E-state index contributed by atoms with van der Waals surface area (Å²) >= 11 is 4.89. The Hall–Kier alpha value is -1.12. The number of piperidine rings is 1. The zero-order chi connectivity index (χ0) is 12.8. The molecule has 0 aromatic rings. The van der Waals surface area contributed by atoms with Crippen molar-refractivity contribution in [1.29, 1.82) is 5.26 Å². The van der Waals surface area contributed by atoms with Crippen LogP contribution in [0.5, 0.6) is 0 Å². The number of hydrogen-bond donors (Lipinski definition) is 1. The van der Waals surface area contributed by atoms with Crippen LogP contribution in [-0.4, -0.2) is 36.7 Å². The number of nitrogens with two attached hydrogens (primary N) is 1. The number of rotatable bonds is 4. The molecule has 1 saturated heterocycles. The van der Waals surface area contributed by atoms with Gasteiger partial charge in [-0.1, -0.05) is 12.2 Å². The molecule has 1 fully saturated rings. The van der Waals surface area contributed by atoms with Crippen LogP contribution in [0.3, 0.4) is 0 Å². The summed E-state index contributed by atoms with van der Waals surface area (Å²) in [4.78, 5) is 2.36. The predicted octanol–water partition coefficient (Wildman–Crippen LogP) is 1.43. The van der Waals surface area contributed by atoms with E-state index in [-0.39, 0.29) is 4.99 Å². The maximum atomic E-state index is 9.04. The van der Waals surface area contributed by atoms with E-state index in [1.54, 1.807) is 7.11 Å².